The number of anilines is 1. The first-order valence-electron chi connectivity index (χ1n) is 6.27. The fourth-order valence-corrected chi connectivity index (χ4v) is 2.75. The van der Waals surface area contributed by atoms with Gasteiger partial charge in [-0.1, -0.05) is 12.1 Å². The molecular formula is C13H18N2O5S. The van der Waals surface area contributed by atoms with Crippen LogP contribution in [0.1, 0.15) is 18.4 Å². The Morgan fingerprint density at radius 3 is 2.38 bits per heavy atom. The number of hydrogen-bond acceptors (Lipinski definition) is 5. The highest BCUT2D eigenvalue weighted by Crippen LogP contribution is 2.12. The zero-order valence-corrected chi connectivity index (χ0v) is 12.5. The molecule has 0 spiro atoms. The van der Waals surface area contributed by atoms with Crippen LogP contribution in [0, 0.1) is 0 Å². The Labute approximate surface area is 123 Å². The number of benzene rings is 1. The van der Waals surface area contributed by atoms with Crippen LogP contribution in [0.2, 0.25) is 0 Å². The van der Waals surface area contributed by atoms with Gasteiger partial charge in [-0.15, -0.1) is 0 Å². The normalized spacial score (nSPS) is 10.9. The lowest BCUT2D eigenvalue weighted by molar-refractivity contribution is -0.140. The van der Waals surface area contributed by atoms with Crippen LogP contribution in [0.15, 0.2) is 24.3 Å². The minimum atomic E-state index is -3.52. The van der Waals surface area contributed by atoms with Crippen molar-refractivity contribution in [1.82, 2.24) is 0 Å². The Kier molecular flexibility index (Phi) is 6.16. The van der Waals surface area contributed by atoms with Gasteiger partial charge in [0, 0.05) is 12.1 Å². The fraction of sp³-hybridized carbons (Fsp3) is 0.385. The van der Waals surface area contributed by atoms with Gasteiger partial charge >= 0.3 is 5.97 Å². The molecule has 1 rings (SSSR count). The van der Waals surface area contributed by atoms with Crippen LogP contribution in [-0.2, 0) is 30.8 Å². The summed E-state index contributed by atoms with van der Waals surface area (Å²) < 4.78 is 30.4. The van der Waals surface area contributed by atoms with E-state index in [9.17, 15) is 18.0 Å². The predicted molar refractivity (Wildman–Crippen MR) is 78.0 cm³/mol. The number of ether oxygens (including phenoxy) is 1. The lowest BCUT2D eigenvalue weighted by Gasteiger charge is -2.08. The number of rotatable bonds is 8. The molecule has 0 saturated heterocycles. The molecule has 0 unspecified atom stereocenters. The number of carbonyl (C=O) groups excluding carboxylic acids is 2. The van der Waals surface area contributed by atoms with Gasteiger partial charge in [0.15, 0.2) is 0 Å². The lowest BCUT2D eigenvalue weighted by atomic mass is 10.1. The van der Waals surface area contributed by atoms with Gasteiger partial charge in [0.1, 0.15) is 0 Å². The molecule has 116 valence electrons. The number of hydrogen-bond donors (Lipinski definition) is 2. The van der Waals surface area contributed by atoms with Crippen molar-refractivity contribution in [3.63, 3.8) is 0 Å². The first-order valence-corrected chi connectivity index (χ1v) is 7.92. The molecule has 0 atom stereocenters. The molecule has 7 nitrogen and oxygen atoms in total. The molecular weight excluding hydrogens is 296 g/mol. The highest BCUT2D eigenvalue weighted by atomic mass is 32.2. The first kappa shape index (κ1) is 17.0. The minimum Gasteiger partial charge on any atom is -0.469 e. The van der Waals surface area contributed by atoms with E-state index in [4.69, 9.17) is 5.73 Å². The molecule has 1 aromatic rings. The van der Waals surface area contributed by atoms with E-state index in [-0.39, 0.29) is 25.0 Å². The van der Waals surface area contributed by atoms with Crippen molar-refractivity contribution in [2.75, 3.05) is 17.6 Å². The van der Waals surface area contributed by atoms with Gasteiger partial charge in [0.2, 0.25) is 15.9 Å². The topological polar surface area (TPSA) is 116 Å². The minimum absolute atomic E-state index is 0.0506. The van der Waals surface area contributed by atoms with Crippen molar-refractivity contribution in [3.8, 4) is 0 Å². The summed E-state index contributed by atoms with van der Waals surface area (Å²) in [4.78, 5) is 21.7. The molecule has 3 N–H and O–H groups in total. The zero-order chi connectivity index (χ0) is 15.9. The molecule has 0 heterocycles. The first-order chi connectivity index (χ1) is 9.82. The summed E-state index contributed by atoms with van der Waals surface area (Å²) in [6.45, 7) is 0. The maximum absolute atomic E-state index is 11.8. The number of nitrogens with one attached hydrogen (secondary N) is 1. The van der Waals surface area contributed by atoms with Crippen LogP contribution in [0.5, 0.6) is 0 Å². The van der Waals surface area contributed by atoms with Gasteiger partial charge in [-0.05, 0) is 24.1 Å². The standard InChI is InChI=1S/C13H18N2O5S/c1-20-13(17)3-2-8-21(18,19)15-11-6-4-10(5-7-11)9-12(14)16/h4-7,15H,2-3,8-9H2,1H3,(H2,14,16). The van der Waals surface area contributed by atoms with E-state index in [2.05, 4.69) is 9.46 Å². The van der Waals surface area contributed by atoms with Gasteiger partial charge in [-0.25, -0.2) is 8.42 Å². The molecule has 1 aromatic carbocycles. The summed E-state index contributed by atoms with van der Waals surface area (Å²) in [7, 11) is -2.27. The van der Waals surface area contributed by atoms with Crippen molar-refractivity contribution in [2.45, 2.75) is 19.3 Å². The number of nitrogens with two attached hydrogens (primary N) is 1. The molecule has 1 amide bonds. The summed E-state index contributed by atoms with van der Waals surface area (Å²) in [6, 6.07) is 6.35. The van der Waals surface area contributed by atoms with E-state index in [1.807, 2.05) is 0 Å². The number of amides is 1. The molecule has 0 aliphatic carbocycles. The van der Waals surface area contributed by atoms with Crippen LogP contribution in [0.4, 0.5) is 5.69 Å². The highest BCUT2D eigenvalue weighted by molar-refractivity contribution is 7.92. The lowest BCUT2D eigenvalue weighted by Crippen LogP contribution is -2.18. The van der Waals surface area contributed by atoms with Gasteiger partial charge in [-0.3, -0.25) is 14.3 Å². The van der Waals surface area contributed by atoms with E-state index in [1.165, 1.54) is 7.11 Å². The van der Waals surface area contributed by atoms with Crippen molar-refractivity contribution in [2.24, 2.45) is 5.73 Å². The largest absolute Gasteiger partial charge is 0.469 e. The molecule has 0 aliphatic rings. The Morgan fingerprint density at radius 1 is 1.24 bits per heavy atom. The van der Waals surface area contributed by atoms with E-state index in [0.717, 1.165) is 0 Å². The van der Waals surface area contributed by atoms with Crippen molar-refractivity contribution >= 4 is 27.6 Å². The van der Waals surface area contributed by atoms with E-state index < -0.39 is 21.9 Å². The summed E-state index contributed by atoms with van der Waals surface area (Å²) in [5.41, 5.74) is 6.16. The number of carbonyl (C=O) groups is 2. The number of esters is 1. The summed E-state index contributed by atoms with van der Waals surface area (Å²) in [6.07, 6.45) is 0.336. The third-order valence-corrected chi connectivity index (χ3v) is 4.00. The quantitative estimate of drug-likeness (QED) is 0.674. The Balaban J connectivity index is 2.54. The molecule has 0 saturated carbocycles. The SMILES string of the molecule is COC(=O)CCCS(=O)(=O)Nc1ccc(CC(N)=O)cc1. The van der Waals surface area contributed by atoms with Crippen molar-refractivity contribution < 1.29 is 22.7 Å². The van der Waals surface area contributed by atoms with Crippen molar-refractivity contribution in [1.29, 1.82) is 0 Å². The van der Waals surface area contributed by atoms with E-state index in [1.54, 1.807) is 24.3 Å². The summed E-state index contributed by atoms with van der Waals surface area (Å²) in [5, 5.41) is 0. The maximum atomic E-state index is 11.8. The molecule has 21 heavy (non-hydrogen) atoms. The third kappa shape index (κ3) is 6.75. The molecule has 0 bridgehead atoms. The van der Waals surface area contributed by atoms with Gasteiger partial charge in [-0.2, -0.15) is 0 Å². The average molecular weight is 314 g/mol. The number of primary amides is 1. The second kappa shape index (κ2) is 7.63. The highest BCUT2D eigenvalue weighted by Gasteiger charge is 2.12. The van der Waals surface area contributed by atoms with E-state index >= 15 is 0 Å². The summed E-state index contributed by atoms with van der Waals surface area (Å²) in [5.74, 6) is -1.07. The average Bonchev–Trinajstić information content (AvgIpc) is 2.39. The molecule has 0 aliphatic heterocycles. The monoisotopic (exact) mass is 314 g/mol. The van der Waals surface area contributed by atoms with Gasteiger partial charge in [0.05, 0.1) is 19.3 Å². The Hall–Kier alpha value is -2.09. The number of sulfonamides is 1. The Morgan fingerprint density at radius 2 is 1.86 bits per heavy atom. The van der Waals surface area contributed by atoms with Gasteiger partial charge in [0.25, 0.3) is 0 Å². The second-order valence-electron chi connectivity index (χ2n) is 4.44. The zero-order valence-electron chi connectivity index (χ0n) is 11.7. The van der Waals surface area contributed by atoms with E-state index in [0.29, 0.717) is 11.3 Å². The van der Waals surface area contributed by atoms with Crippen LogP contribution in [0.3, 0.4) is 0 Å². The fourth-order valence-electron chi connectivity index (χ4n) is 1.63. The van der Waals surface area contributed by atoms with Crippen LogP contribution >= 0.6 is 0 Å². The van der Waals surface area contributed by atoms with Crippen LogP contribution in [-0.4, -0.2) is 33.2 Å². The van der Waals surface area contributed by atoms with Crippen LogP contribution < -0.4 is 10.5 Å². The maximum Gasteiger partial charge on any atom is 0.305 e. The van der Waals surface area contributed by atoms with Gasteiger partial charge < -0.3 is 10.5 Å². The molecule has 0 fully saturated rings. The molecule has 8 heteroatoms. The predicted octanol–water partition coefficient (Wildman–Crippen LogP) is 0.409. The smallest absolute Gasteiger partial charge is 0.305 e. The second-order valence-corrected chi connectivity index (χ2v) is 6.28. The number of methoxy groups -OCH3 is 1. The molecule has 0 aromatic heterocycles. The molecule has 0 radical (unpaired) electrons. The van der Waals surface area contributed by atoms with Crippen LogP contribution in [0.25, 0.3) is 0 Å². The Bertz CT molecular complexity index is 595. The summed E-state index contributed by atoms with van der Waals surface area (Å²) >= 11 is 0. The van der Waals surface area contributed by atoms with Crippen molar-refractivity contribution in [3.05, 3.63) is 29.8 Å². The third-order valence-electron chi connectivity index (χ3n) is 2.63.